The van der Waals surface area contributed by atoms with Crippen LogP contribution >= 0.6 is 0 Å². The highest BCUT2D eigenvalue weighted by Gasteiger charge is 2.32. The summed E-state index contributed by atoms with van der Waals surface area (Å²) in [6.07, 6.45) is 5.45. The van der Waals surface area contributed by atoms with Crippen molar-refractivity contribution in [2.45, 2.75) is 51.9 Å². The summed E-state index contributed by atoms with van der Waals surface area (Å²) in [5.74, 6) is 0.981. The molecule has 0 spiro atoms. The Morgan fingerprint density at radius 2 is 2.12 bits per heavy atom. The zero-order valence-electron chi connectivity index (χ0n) is 9.75. The fourth-order valence-electron chi connectivity index (χ4n) is 2.42. The summed E-state index contributed by atoms with van der Waals surface area (Å²) in [6, 6.07) is 0. The molecule has 0 bridgehead atoms. The first-order valence-corrected chi connectivity index (χ1v) is 6.15. The number of esters is 1. The van der Waals surface area contributed by atoms with E-state index in [-0.39, 0.29) is 17.7 Å². The molecule has 1 heterocycles. The van der Waals surface area contributed by atoms with Gasteiger partial charge in [-0.1, -0.05) is 19.8 Å². The van der Waals surface area contributed by atoms with Gasteiger partial charge in [0, 0.05) is 19.3 Å². The third kappa shape index (κ3) is 2.34. The lowest BCUT2D eigenvalue weighted by Gasteiger charge is -2.28. The highest BCUT2D eigenvalue weighted by Crippen LogP contribution is 2.35. The molecule has 1 aliphatic heterocycles. The van der Waals surface area contributed by atoms with Gasteiger partial charge in [0.25, 0.3) is 0 Å². The Morgan fingerprint density at radius 3 is 2.88 bits per heavy atom. The molecule has 0 saturated heterocycles. The van der Waals surface area contributed by atoms with E-state index in [9.17, 15) is 9.59 Å². The number of Topliss-reactive ketones (excluding diaryl/α,β-unsaturated/α-hetero) is 1. The van der Waals surface area contributed by atoms with Crippen LogP contribution in [-0.4, -0.2) is 11.8 Å². The van der Waals surface area contributed by atoms with Crippen LogP contribution in [0, 0.1) is 5.92 Å². The SMILES string of the molecule is CCCCC1CC2=C(CCC(=O)C2)OC1=O. The predicted octanol–water partition coefficient (Wildman–Crippen LogP) is 2.75. The molecule has 0 saturated carbocycles. The van der Waals surface area contributed by atoms with Crippen LogP contribution < -0.4 is 0 Å². The van der Waals surface area contributed by atoms with Crippen LogP contribution in [0.2, 0.25) is 0 Å². The Labute approximate surface area is 95.9 Å². The van der Waals surface area contributed by atoms with Gasteiger partial charge in [0.05, 0.1) is 5.92 Å². The van der Waals surface area contributed by atoms with Crippen molar-refractivity contribution in [1.29, 1.82) is 0 Å². The van der Waals surface area contributed by atoms with E-state index in [2.05, 4.69) is 6.92 Å². The van der Waals surface area contributed by atoms with Crippen molar-refractivity contribution >= 4 is 11.8 Å². The van der Waals surface area contributed by atoms with Crippen LogP contribution in [0.1, 0.15) is 51.9 Å². The summed E-state index contributed by atoms with van der Waals surface area (Å²) in [5.41, 5.74) is 1.08. The quantitative estimate of drug-likeness (QED) is 0.689. The Kier molecular flexibility index (Phi) is 3.42. The van der Waals surface area contributed by atoms with Crippen LogP contribution in [0.5, 0.6) is 0 Å². The maximum Gasteiger partial charge on any atom is 0.314 e. The molecule has 1 atom stereocenters. The van der Waals surface area contributed by atoms with E-state index in [1.54, 1.807) is 0 Å². The number of carbonyl (C=O) groups is 2. The number of ketones is 1. The second-order valence-corrected chi connectivity index (χ2v) is 4.71. The highest BCUT2D eigenvalue weighted by molar-refractivity contribution is 5.84. The van der Waals surface area contributed by atoms with E-state index in [0.29, 0.717) is 19.3 Å². The molecule has 1 unspecified atom stereocenters. The third-order valence-corrected chi connectivity index (χ3v) is 3.39. The summed E-state index contributed by atoms with van der Waals surface area (Å²) < 4.78 is 5.34. The van der Waals surface area contributed by atoms with Gasteiger partial charge in [-0.05, 0) is 18.4 Å². The van der Waals surface area contributed by atoms with Gasteiger partial charge in [-0.25, -0.2) is 0 Å². The molecular weight excluding hydrogens is 204 g/mol. The summed E-state index contributed by atoms with van der Waals surface area (Å²) in [4.78, 5) is 23.0. The largest absolute Gasteiger partial charge is 0.431 e. The van der Waals surface area contributed by atoms with Gasteiger partial charge in [0.1, 0.15) is 11.5 Å². The second kappa shape index (κ2) is 4.81. The maximum absolute atomic E-state index is 11.7. The lowest BCUT2D eigenvalue weighted by molar-refractivity contribution is -0.147. The van der Waals surface area contributed by atoms with Gasteiger partial charge in [-0.3, -0.25) is 9.59 Å². The first-order chi connectivity index (χ1) is 7.70. The molecule has 16 heavy (non-hydrogen) atoms. The number of hydrogen-bond donors (Lipinski definition) is 0. The minimum atomic E-state index is -0.0819. The average Bonchev–Trinajstić information content (AvgIpc) is 2.27. The summed E-state index contributed by atoms with van der Waals surface area (Å²) >= 11 is 0. The summed E-state index contributed by atoms with van der Waals surface area (Å²) in [7, 11) is 0. The average molecular weight is 222 g/mol. The lowest BCUT2D eigenvalue weighted by atomic mass is 9.85. The molecule has 0 N–H and O–H groups in total. The van der Waals surface area contributed by atoms with Crippen molar-refractivity contribution in [3.8, 4) is 0 Å². The topological polar surface area (TPSA) is 43.4 Å². The molecule has 2 aliphatic rings. The number of hydrogen-bond acceptors (Lipinski definition) is 3. The zero-order valence-corrected chi connectivity index (χ0v) is 9.75. The van der Waals surface area contributed by atoms with Crippen LogP contribution in [0.25, 0.3) is 0 Å². The molecule has 0 fully saturated rings. The maximum atomic E-state index is 11.7. The zero-order chi connectivity index (χ0) is 11.5. The van der Waals surface area contributed by atoms with Crippen molar-refractivity contribution in [3.63, 3.8) is 0 Å². The first kappa shape index (κ1) is 11.4. The molecule has 3 heteroatoms. The molecule has 3 nitrogen and oxygen atoms in total. The third-order valence-electron chi connectivity index (χ3n) is 3.39. The fourth-order valence-corrected chi connectivity index (χ4v) is 2.42. The van der Waals surface area contributed by atoms with Crippen LogP contribution in [0.4, 0.5) is 0 Å². The fraction of sp³-hybridized carbons (Fsp3) is 0.692. The van der Waals surface area contributed by atoms with Gasteiger partial charge in [-0.15, -0.1) is 0 Å². The van der Waals surface area contributed by atoms with E-state index >= 15 is 0 Å². The van der Waals surface area contributed by atoms with Gasteiger partial charge in [-0.2, -0.15) is 0 Å². The van der Waals surface area contributed by atoms with E-state index in [1.807, 2.05) is 0 Å². The Morgan fingerprint density at radius 1 is 1.31 bits per heavy atom. The molecule has 0 radical (unpaired) electrons. The smallest absolute Gasteiger partial charge is 0.314 e. The number of allylic oxidation sites excluding steroid dienone is 2. The van der Waals surface area contributed by atoms with Crippen molar-refractivity contribution in [1.82, 2.24) is 0 Å². The standard InChI is InChI=1S/C13H18O3/c1-2-3-4-9-7-10-8-11(14)5-6-12(10)16-13(9)15/h9H,2-8H2,1H3. The molecule has 2 rings (SSSR count). The van der Waals surface area contributed by atoms with E-state index in [4.69, 9.17) is 4.74 Å². The number of unbranched alkanes of at least 4 members (excludes halogenated alkanes) is 1. The Hall–Kier alpha value is -1.12. The van der Waals surface area contributed by atoms with Crippen molar-refractivity contribution < 1.29 is 14.3 Å². The monoisotopic (exact) mass is 222 g/mol. The van der Waals surface area contributed by atoms with E-state index in [1.165, 1.54) is 0 Å². The Balaban J connectivity index is 2.05. The first-order valence-electron chi connectivity index (χ1n) is 6.15. The van der Waals surface area contributed by atoms with E-state index < -0.39 is 0 Å². The molecule has 0 aromatic carbocycles. The minimum absolute atomic E-state index is 0.00963. The molecule has 1 aliphatic carbocycles. The van der Waals surface area contributed by atoms with Gasteiger partial charge in [0.15, 0.2) is 0 Å². The molecule has 0 amide bonds. The van der Waals surface area contributed by atoms with Crippen LogP contribution in [0.15, 0.2) is 11.3 Å². The molecule has 0 aromatic rings. The lowest BCUT2D eigenvalue weighted by Crippen LogP contribution is -2.27. The predicted molar refractivity (Wildman–Crippen MR) is 59.6 cm³/mol. The molecule has 88 valence electrons. The van der Waals surface area contributed by atoms with Gasteiger partial charge >= 0.3 is 5.97 Å². The second-order valence-electron chi connectivity index (χ2n) is 4.71. The van der Waals surface area contributed by atoms with Crippen LogP contribution in [0.3, 0.4) is 0 Å². The van der Waals surface area contributed by atoms with Gasteiger partial charge in [0.2, 0.25) is 0 Å². The summed E-state index contributed by atoms with van der Waals surface area (Å²) in [6.45, 7) is 2.11. The highest BCUT2D eigenvalue weighted by atomic mass is 16.5. The van der Waals surface area contributed by atoms with Gasteiger partial charge < -0.3 is 4.74 Å². The summed E-state index contributed by atoms with van der Waals surface area (Å²) in [5, 5.41) is 0. The molecular formula is C13H18O3. The number of ether oxygens (including phenoxy) is 1. The normalized spacial score (nSPS) is 25.4. The minimum Gasteiger partial charge on any atom is -0.431 e. The van der Waals surface area contributed by atoms with Crippen molar-refractivity contribution in [2.24, 2.45) is 5.92 Å². The van der Waals surface area contributed by atoms with E-state index in [0.717, 1.165) is 37.0 Å². The Bertz CT molecular complexity index is 341. The van der Waals surface area contributed by atoms with Crippen molar-refractivity contribution in [3.05, 3.63) is 11.3 Å². The van der Waals surface area contributed by atoms with Crippen LogP contribution in [-0.2, 0) is 14.3 Å². The molecule has 0 aromatic heterocycles. The van der Waals surface area contributed by atoms with Crippen molar-refractivity contribution in [2.75, 3.05) is 0 Å². The number of rotatable bonds is 3. The number of carbonyl (C=O) groups excluding carboxylic acids is 2.